The van der Waals surface area contributed by atoms with E-state index in [2.05, 4.69) is 0 Å². The van der Waals surface area contributed by atoms with Crippen LogP contribution in [-0.2, 0) is 4.79 Å². The van der Waals surface area contributed by atoms with Crippen LogP contribution in [0.2, 0.25) is 0 Å². The molecular formula is C11H15NO4. The van der Waals surface area contributed by atoms with Gasteiger partial charge in [0, 0.05) is 6.54 Å². The Morgan fingerprint density at radius 2 is 2.50 bits per heavy atom. The third-order valence-corrected chi connectivity index (χ3v) is 2.93. The summed E-state index contributed by atoms with van der Waals surface area (Å²) in [6, 6.07) is 2.93. The van der Waals surface area contributed by atoms with E-state index in [9.17, 15) is 9.90 Å². The molecule has 0 bridgehead atoms. The molecule has 0 aromatic carbocycles. The van der Waals surface area contributed by atoms with E-state index >= 15 is 0 Å². The highest BCUT2D eigenvalue weighted by molar-refractivity contribution is 5.73. The molecule has 2 rings (SSSR count). The molecule has 1 fully saturated rings. The molecule has 0 radical (unpaired) electrons. The van der Waals surface area contributed by atoms with E-state index in [1.54, 1.807) is 17.0 Å². The Labute approximate surface area is 93.3 Å². The normalized spacial score (nSPS) is 23.4. The lowest BCUT2D eigenvalue weighted by atomic mass is 10.2. The van der Waals surface area contributed by atoms with Crippen LogP contribution in [0.4, 0.5) is 0 Å². The van der Waals surface area contributed by atoms with Crippen molar-refractivity contribution in [1.29, 1.82) is 0 Å². The Morgan fingerprint density at radius 3 is 3.12 bits per heavy atom. The second-order valence-electron chi connectivity index (χ2n) is 4.02. The van der Waals surface area contributed by atoms with Crippen molar-refractivity contribution in [1.82, 2.24) is 4.90 Å². The summed E-state index contributed by atoms with van der Waals surface area (Å²) in [4.78, 5) is 12.7. The first-order valence-corrected chi connectivity index (χ1v) is 5.37. The van der Waals surface area contributed by atoms with Gasteiger partial charge in [0.15, 0.2) is 0 Å². The zero-order valence-electron chi connectivity index (χ0n) is 8.87. The number of carboxylic acid groups (broad SMARTS) is 1. The Morgan fingerprint density at radius 1 is 1.69 bits per heavy atom. The Hall–Kier alpha value is -1.33. The van der Waals surface area contributed by atoms with Gasteiger partial charge in [0.25, 0.3) is 0 Å². The van der Waals surface area contributed by atoms with Gasteiger partial charge in [-0.15, -0.1) is 0 Å². The molecule has 1 aromatic heterocycles. The summed E-state index contributed by atoms with van der Waals surface area (Å²) >= 11 is 0. The molecule has 0 saturated carbocycles. The number of aliphatic hydroxyl groups is 1. The highest BCUT2D eigenvalue weighted by atomic mass is 16.4. The molecule has 5 heteroatoms. The summed E-state index contributed by atoms with van der Waals surface area (Å²) in [5.41, 5.74) is 0. The molecule has 5 nitrogen and oxygen atoms in total. The van der Waals surface area contributed by atoms with Gasteiger partial charge in [0.05, 0.1) is 6.26 Å². The number of β-amino-alcohol motifs (C(OH)–C–C–N with tert-alkyl or cyclic N) is 1. The molecule has 1 saturated heterocycles. The minimum absolute atomic E-state index is 0.310. The van der Waals surface area contributed by atoms with Crippen molar-refractivity contribution in [3.63, 3.8) is 0 Å². The number of nitrogens with zero attached hydrogens (tertiary/aromatic N) is 1. The fraction of sp³-hybridized carbons (Fsp3) is 0.545. The fourth-order valence-electron chi connectivity index (χ4n) is 2.12. The minimum Gasteiger partial charge on any atom is -0.480 e. The largest absolute Gasteiger partial charge is 0.480 e. The Balaban J connectivity index is 1.96. The molecule has 0 aliphatic carbocycles. The van der Waals surface area contributed by atoms with Gasteiger partial charge >= 0.3 is 5.97 Å². The predicted octanol–water partition coefficient (Wildman–Crippen LogP) is 0.862. The van der Waals surface area contributed by atoms with Gasteiger partial charge in [-0.3, -0.25) is 9.69 Å². The van der Waals surface area contributed by atoms with E-state index < -0.39 is 18.1 Å². The van der Waals surface area contributed by atoms with E-state index in [1.807, 2.05) is 0 Å². The zero-order chi connectivity index (χ0) is 11.5. The SMILES string of the molecule is O=C(O)C1CCCN1CC(O)c1ccco1. The third-order valence-electron chi connectivity index (χ3n) is 2.93. The van der Waals surface area contributed by atoms with E-state index in [0.717, 1.165) is 6.42 Å². The van der Waals surface area contributed by atoms with Crippen molar-refractivity contribution in [3.8, 4) is 0 Å². The molecule has 2 N–H and O–H groups in total. The second-order valence-corrected chi connectivity index (χ2v) is 4.02. The van der Waals surface area contributed by atoms with Gasteiger partial charge in [-0.1, -0.05) is 0 Å². The highest BCUT2D eigenvalue weighted by Crippen LogP contribution is 2.22. The topological polar surface area (TPSA) is 73.9 Å². The Bertz CT molecular complexity index is 349. The summed E-state index contributed by atoms with van der Waals surface area (Å²) in [6.07, 6.45) is 2.26. The van der Waals surface area contributed by atoms with Crippen molar-refractivity contribution in [2.24, 2.45) is 0 Å². The molecule has 1 aromatic rings. The van der Waals surface area contributed by atoms with Crippen molar-refractivity contribution >= 4 is 5.97 Å². The van der Waals surface area contributed by atoms with Crippen LogP contribution in [0.25, 0.3) is 0 Å². The number of rotatable bonds is 4. The molecule has 2 heterocycles. The van der Waals surface area contributed by atoms with Gasteiger partial charge in [0.1, 0.15) is 17.9 Å². The first-order valence-electron chi connectivity index (χ1n) is 5.37. The van der Waals surface area contributed by atoms with Crippen LogP contribution in [0.1, 0.15) is 24.7 Å². The van der Waals surface area contributed by atoms with Crippen LogP contribution in [0, 0.1) is 0 Å². The van der Waals surface area contributed by atoms with Crippen molar-refractivity contribution < 1.29 is 19.4 Å². The lowest BCUT2D eigenvalue weighted by molar-refractivity contribution is -0.142. The Kier molecular flexibility index (Phi) is 3.26. The lowest BCUT2D eigenvalue weighted by Crippen LogP contribution is -2.38. The molecule has 2 unspecified atom stereocenters. The summed E-state index contributed by atoms with van der Waals surface area (Å²) < 4.78 is 5.08. The van der Waals surface area contributed by atoms with Crippen LogP contribution < -0.4 is 0 Å². The first-order chi connectivity index (χ1) is 7.68. The second kappa shape index (κ2) is 4.67. The highest BCUT2D eigenvalue weighted by Gasteiger charge is 2.32. The van der Waals surface area contributed by atoms with Gasteiger partial charge < -0.3 is 14.6 Å². The molecule has 16 heavy (non-hydrogen) atoms. The van der Waals surface area contributed by atoms with E-state index in [-0.39, 0.29) is 0 Å². The van der Waals surface area contributed by atoms with E-state index in [4.69, 9.17) is 9.52 Å². The maximum absolute atomic E-state index is 10.9. The van der Waals surface area contributed by atoms with Crippen LogP contribution in [0.3, 0.4) is 0 Å². The predicted molar refractivity (Wildman–Crippen MR) is 55.9 cm³/mol. The van der Waals surface area contributed by atoms with E-state index in [0.29, 0.717) is 25.3 Å². The number of furan rings is 1. The average molecular weight is 225 g/mol. The summed E-state index contributed by atoms with van der Waals surface area (Å²) in [5.74, 6) is -0.333. The minimum atomic E-state index is -0.816. The first kappa shape index (κ1) is 11.2. The van der Waals surface area contributed by atoms with Crippen LogP contribution in [0.15, 0.2) is 22.8 Å². The number of aliphatic hydroxyl groups excluding tert-OH is 1. The third kappa shape index (κ3) is 2.25. The number of hydrogen-bond donors (Lipinski definition) is 2. The number of aliphatic carboxylic acids is 1. The number of carboxylic acids is 1. The molecular weight excluding hydrogens is 210 g/mol. The molecule has 1 aliphatic heterocycles. The molecule has 1 aliphatic rings. The molecule has 88 valence electrons. The smallest absolute Gasteiger partial charge is 0.320 e. The summed E-state index contributed by atoms with van der Waals surface area (Å²) in [7, 11) is 0. The molecule has 2 atom stereocenters. The van der Waals surface area contributed by atoms with Crippen molar-refractivity contribution in [3.05, 3.63) is 24.2 Å². The molecule has 0 spiro atoms. The van der Waals surface area contributed by atoms with Gasteiger partial charge in [-0.25, -0.2) is 0 Å². The maximum atomic E-state index is 10.9. The maximum Gasteiger partial charge on any atom is 0.320 e. The van der Waals surface area contributed by atoms with Crippen LogP contribution in [-0.4, -0.2) is 40.2 Å². The van der Waals surface area contributed by atoms with Gasteiger partial charge in [0.2, 0.25) is 0 Å². The van der Waals surface area contributed by atoms with Crippen LogP contribution >= 0.6 is 0 Å². The summed E-state index contributed by atoms with van der Waals surface area (Å²) in [6.45, 7) is 1.03. The van der Waals surface area contributed by atoms with Gasteiger partial charge in [-0.05, 0) is 31.5 Å². The fourth-order valence-corrected chi connectivity index (χ4v) is 2.12. The summed E-state index contributed by atoms with van der Waals surface area (Å²) in [5, 5.41) is 18.8. The van der Waals surface area contributed by atoms with Crippen molar-refractivity contribution in [2.75, 3.05) is 13.1 Å². The number of carbonyl (C=O) groups is 1. The standard InChI is InChI=1S/C11H15NO4/c13-9(10-4-2-6-16-10)7-12-5-1-3-8(12)11(14)15/h2,4,6,8-9,13H,1,3,5,7H2,(H,14,15). The van der Waals surface area contributed by atoms with Gasteiger partial charge in [-0.2, -0.15) is 0 Å². The number of likely N-dealkylation sites (tertiary alicyclic amines) is 1. The number of hydrogen-bond acceptors (Lipinski definition) is 4. The molecule has 0 amide bonds. The average Bonchev–Trinajstić information content (AvgIpc) is 2.86. The van der Waals surface area contributed by atoms with Crippen molar-refractivity contribution in [2.45, 2.75) is 25.0 Å². The van der Waals surface area contributed by atoms with E-state index in [1.165, 1.54) is 6.26 Å². The van der Waals surface area contributed by atoms with Crippen LogP contribution in [0.5, 0.6) is 0 Å². The zero-order valence-corrected chi connectivity index (χ0v) is 8.87. The lowest BCUT2D eigenvalue weighted by Gasteiger charge is -2.22. The quantitative estimate of drug-likeness (QED) is 0.795. The monoisotopic (exact) mass is 225 g/mol.